The summed E-state index contributed by atoms with van der Waals surface area (Å²) in [6.45, 7) is 3.67. The second-order valence-corrected chi connectivity index (χ2v) is 6.35. The fraction of sp³-hybridized carbons (Fsp3) is 0.312. The number of amides is 1. The van der Waals surface area contributed by atoms with Crippen molar-refractivity contribution in [3.63, 3.8) is 0 Å². The molecule has 122 valence electrons. The summed E-state index contributed by atoms with van der Waals surface area (Å²) in [5.41, 5.74) is 0.583. The van der Waals surface area contributed by atoms with Gasteiger partial charge in [0.25, 0.3) is 5.56 Å². The summed E-state index contributed by atoms with van der Waals surface area (Å²) >= 11 is 1.13. The van der Waals surface area contributed by atoms with Crippen molar-refractivity contribution >= 4 is 23.4 Å². The van der Waals surface area contributed by atoms with Crippen LogP contribution in [0.3, 0.4) is 0 Å². The molecular formula is C16H18FN3O2S. The Morgan fingerprint density at radius 1 is 1.43 bits per heavy atom. The van der Waals surface area contributed by atoms with Crippen molar-refractivity contribution in [3.8, 4) is 0 Å². The number of benzene rings is 1. The highest BCUT2D eigenvalue weighted by molar-refractivity contribution is 8.00. The molecule has 0 saturated heterocycles. The quantitative estimate of drug-likeness (QED) is 0.629. The number of rotatable bonds is 6. The van der Waals surface area contributed by atoms with Crippen molar-refractivity contribution in [1.82, 2.24) is 9.97 Å². The summed E-state index contributed by atoms with van der Waals surface area (Å²) < 4.78 is 13.5. The van der Waals surface area contributed by atoms with E-state index in [1.807, 2.05) is 6.92 Å². The molecule has 1 aromatic heterocycles. The molecule has 5 nitrogen and oxygen atoms in total. The van der Waals surface area contributed by atoms with Crippen LogP contribution in [0.5, 0.6) is 0 Å². The molecule has 0 aliphatic heterocycles. The van der Waals surface area contributed by atoms with Gasteiger partial charge in [-0.25, -0.2) is 9.37 Å². The summed E-state index contributed by atoms with van der Waals surface area (Å²) in [4.78, 5) is 30.7. The average molecular weight is 335 g/mol. The first-order valence-corrected chi connectivity index (χ1v) is 8.20. The van der Waals surface area contributed by atoms with E-state index in [1.165, 1.54) is 18.2 Å². The van der Waals surface area contributed by atoms with Crippen molar-refractivity contribution in [1.29, 1.82) is 0 Å². The zero-order valence-electron chi connectivity index (χ0n) is 12.9. The molecule has 7 heteroatoms. The van der Waals surface area contributed by atoms with Crippen LogP contribution in [0.25, 0.3) is 0 Å². The molecule has 1 heterocycles. The standard InChI is InChI=1S/C16H18FN3O2S/c1-3-6-11-9-14(21)20-16(18-11)23-10(2)15(22)19-13-8-5-4-7-12(13)17/h4-5,7-10H,3,6H2,1-2H3,(H,19,22)(H,18,20,21)/t10-/m1/s1. The minimum Gasteiger partial charge on any atom is -0.323 e. The number of carbonyl (C=O) groups excluding carboxylic acids is 1. The Balaban J connectivity index is 2.06. The molecule has 0 saturated carbocycles. The van der Waals surface area contributed by atoms with Gasteiger partial charge < -0.3 is 10.3 Å². The number of aromatic nitrogens is 2. The van der Waals surface area contributed by atoms with Gasteiger partial charge in [0.2, 0.25) is 5.91 Å². The molecule has 2 N–H and O–H groups in total. The number of nitrogens with zero attached hydrogens (tertiary/aromatic N) is 1. The van der Waals surface area contributed by atoms with Crippen molar-refractivity contribution < 1.29 is 9.18 Å². The third-order valence-electron chi connectivity index (χ3n) is 3.07. The molecule has 0 fully saturated rings. The van der Waals surface area contributed by atoms with Gasteiger partial charge in [0, 0.05) is 11.8 Å². The zero-order valence-corrected chi connectivity index (χ0v) is 13.7. The third kappa shape index (κ3) is 4.92. The molecule has 0 bridgehead atoms. The van der Waals surface area contributed by atoms with E-state index in [0.29, 0.717) is 17.3 Å². The number of H-pyrrole nitrogens is 1. The number of nitrogens with one attached hydrogen (secondary N) is 2. The monoisotopic (exact) mass is 335 g/mol. The zero-order chi connectivity index (χ0) is 16.8. The Labute approximate surface area is 137 Å². The maximum absolute atomic E-state index is 13.5. The first-order valence-electron chi connectivity index (χ1n) is 7.32. The molecule has 23 heavy (non-hydrogen) atoms. The normalized spacial score (nSPS) is 12.0. The highest BCUT2D eigenvalue weighted by Crippen LogP contribution is 2.21. The SMILES string of the molecule is CCCc1cc(=O)[nH]c(S[C@H](C)C(=O)Nc2ccccc2F)n1. The van der Waals surface area contributed by atoms with Crippen molar-refractivity contribution in [3.05, 3.63) is 52.2 Å². The van der Waals surface area contributed by atoms with Crippen LogP contribution in [0.15, 0.2) is 40.3 Å². The molecule has 0 radical (unpaired) electrons. The van der Waals surface area contributed by atoms with Crippen LogP contribution in [0.2, 0.25) is 0 Å². The summed E-state index contributed by atoms with van der Waals surface area (Å²) in [5, 5.41) is 2.38. The number of para-hydroxylation sites is 1. The van der Waals surface area contributed by atoms with Crippen LogP contribution in [0.1, 0.15) is 26.0 Å². The van der Waals surface area contributed by atoms with Crippen LogP contribution in [0.4, 0.5) is 10.1 Å². The fourth-order valence-corrected chi connectivity index (χ4v) is 2.77. The van der Waals surface area contributed by atoms with Gasteiger partial charge in [-0.15, -0.1) is 0 Å². The molecule has 1 aromatic carbocycles. The molecule has 2 aromatic rings. The maximum atomic E-state index is 13.5. The molecule has 1 atom stereocenters. The lowest BCUT2D eigenvalue weighted by molar-refractivity contribution is -0.115. The van der Waals surface area contributed by atoms with Crippen LogP contribution >= 0.6 is 11.8 Å². The molecule has 0 aliphatic carbocycles. The van der Waals surface area contributed by atoms with Crippen molar-refractivity contribution in [2.75, 3.05) is 5.32 Å². The third-order valence-corrected chi connectivity index (χ3v) is 4.05. The van der Waals surface area contributed by atoms with Crippen molar-refractivity contribution in [2.24, 2.45) is 0 Å². The van der Waals surface area contributed by atoms with Gasteiger partial charge in [-0.2, -0.15) is 0 Å². The minimum atomic E-state index is -0.533. The van der Waals surface area contributed by atoms with Crippen LogP contribution in [-0.2, 0) is 11.2 Å². The number of aromatic amines is 1. The Hall–Kier alpha value is -2.15. The molecule has 1 amide bonds. The number of carbonyl (C=O) groups is 1. The predicted molar refractivity (Wildman–Crippen MR) is 89.2 cm³/mol. The van der Waals surface area contributed by atoms with Gasteiger partial charge in [-0.3, -0.25) is 9.59 Å². The maximum Gasteiger partial charge on any atom is 0.251 e. The van der Waals surface area contributed by atoms with Crippen molar-refractivity contribution in [2.45, 2.75) is 37.1 Å². The number of halogens is 1. The van der Waals surface area contributed by atoms with Gasteiger partial charge in [0.15, 0.2) is 5.16 Å². The van der Waals surface area contributed by atoms with Crippen LogP contribution < -0.4 is 10.9 Å². The fourth-order valence-electron chi connectivity index (χ4n) is 1.94. The lowest BCUT2D eigenvalue weighted by Gasteiger charge is -2.12. The molecule has 0 aliphatic rings. The van der Waals surface area contributed by atoms with Crippen LogP contribution in [0, 0.1) is 5.82 Å². The Morgan fingerprint density at radius 3 is 2.87 bits per heavy atom. The van der Waals surface area contributed by atoms with E-state index in [2.05, 4.69) is 15.3 Å². The van der Waals surface area contributed by atoms with E-state index in [0.717, 1.165) is 18.2 Å². The van der Waals surface area contributed by atoms with E-state index < -0.39 is 11.1 Å². The largest absolute Gasteiger partial charge is 0.323 e. The second-order valence-electron chi connectivity index (χ2n) is 5.02. The summed E-state index contributed by atoms with van der Waals surface area (Å²) in [5.74, 6) is -0.849. The molecule has 0 spiro atoms. The topological polar surface area (TPSA) is 74.8 Å². The molecule has 2 rings (SSSR count). The molecule has 0 unspecified atom stereocenters. The summed E-state index contributed by atoms with van der Waals surface area (Å²) in [7, 11) is 0. The van der Waals surface area contributed by atoms with Crippen LogP contribution in [-0.4, -0.2) is 21.1 Å². The highest BCUT2D eigenvalue weighted by Gasteiger charge is 2.17. The number of hydrogen-bond acceptors (Lipinski definition) is 4. The first kappa shape index (κ1) is 17.2. The van der Waals surface area contributed by atoms with Gasteiger partial charge >= 0.3 is 0 Å². The van der Waals surface area contributed by atoms with E-state index in [4.69, 9.17) is 0 Å². The number of aryl methyl sites for hydroxylation is 1. The average Bonchev–Trinajstić information content (AvgIpc) is 2.49. The Kier molecular flexibility index (Phi) is 5.92. The van der Waals surface area contributed by atoms with Gasteiger partial charge in [-0.1, -0.05) is 37.2 Å². The number of thioether (sulfide) groups is 1. The highest BCUT2D eigenvalue weighted by atomic mass is 32.2. The van der Waals surface area contributed by atoms with E-state index in [-0.39, 0.29) is 17.2 Å². The van der Waals surface area contributed by atoms with Gasteiger partial charge in [0.05, 0.1) is 10.9 Å². The summed E-state index contributed by atoms with van der Waals surface area (Å²) in [6.07, 6.45) is 1.58. The Morgan fingerprint density at radius 2 is 2.17 bits per heavy atom. The Bertz CT molecular complexity index is 748. The lowest BCUT2D eigenvalue weighted by Crippen LogP contribution is -2.23. The number of anilines is 1. The second kappa shape index (κ2) is 7.92. The van der Waals surface area contributed by atoms with Gasteiger partial charge in [-0.05, 0) is 25.5 Å². The van der Waals surface area contributed by atoms with E-state index >= 15 is 0 Å². The molecular weight excluding hydrogens is 317 g/mol. The van der Waals surface area contributed by atoms with E-state index in [9.17, 15) is 14.0 Å². The lowest BCUT2D eigenvalue weighted by atomic mass is 10.2. The predicted octanol–water partition coefficient (Wildman–Crippen LogP) is 2.98. The minimum absolute atomic E-state index is 0.131. The number of hydrogen-bond donors (Lipinski definition) is 2. The van der Waals surface area contributed by atoms with E-state index in [1.54, 1.807) is 19.1 Å². The summed E-state index contributed by atoms with van der Waals surface area (Å²) in [6, 6.07) is 7.42. The smallest absolute Gasteiger partial charge is 0.251 e. The first-order chi connectivity index (χ1) is 11.0. The van der Waals surface area contributed by atoms with Gasteiger partial charge in [0.1, 0.15) is 5.82 Å².